The van der Waals surface area contributed by atoms with Gasteiger partial charge in [-0.1, -0.05) is 38.1 Å². The van der Waals surface area contributed by atoms with E-state index >= 15 is 0 Å². The molecule has 0 spiro atoms. The number of benzene rings is 2. The topological polar surface area (TPSA) is 102 Å². The fraction of sp³-hybridized carbons (Fsp3) is 0.500. The second-order valence-corrected chi connectivity index (χ2v) is 11.5. The first-order chi connectivity index (χ1) is 16.3. The van der Waals surface area contributed by atoms with Crippen LogP contribution in [-0.4, -0.2) is 44.1 Å². The fourth-order valence-corrected chi connectivity index (χ4v) is 6.16. The van der Waals surface area contributed by atoms with Crippen molar-refractivity contribution in [2.45, 2.75) is 62.0 Å². The molecule has 0 aliphatic carbocycles. The van der Waals surface area contributed by atoms with Crippen LogP contribution in [0.5, 0.6) is 5.75 Å². The van der Waals surface area contributed by atoms with Gasteiger partial charge in [-0.2, -0.15) is 0 Å². The van der Waals surface area contributed by atoms with Crippen LogP contribution in [0.3, 0.4) is 0 Å². The van der Waals surface area contributed by atoms with Gasteiger partial charge in [0.05, 0.1) is 11.5 Å². The summed E-state index contributed by atoms with van der Waals surface area (Å²) >= 11 is 0. The average molecular weight is 490 g/mol. The number of nitrogens with one attached hydrogen (secondary N) is 1. The van der Waals surface area contributed by atoms with E-state index in [0.29, 0.717) is 18.3 Å². The SMILES string of the molecule is CC(C)CCc1cccc(CCCOc2ccc(S(=O)(=O)C3(C(=O)NO)CCOCC3)cc2)c1. The molecule has 7 nitrogen and oxygen atoms in total. The predicted octanol–water partition coefficient (Wildman–Crippen LogP) is 4.12. The third-order valence-corrected chi connectivity index (χ3v) is 8.86. The van der Waals surface area contributed by atoms with E-state index < -0.39 is 20.5 Å². The van der Waals surface area contributed by atoms with E-state index in [0.717, 1.165) is 19.3 Å². The van der Waals surface area contributed by atoms with Crippen LogP contribution in [0.2, 0.25) is 0 Å². The second-order valence-electron chi connectivity index (χ2n) is 9.23. The molecule has 0 bridgehead atoms. The van der Waals surface area contributed by atoms with Gasteiger partial charge in [0, 0.05) is 13.2 Å². The Morgan fingerprint density at radius 1 is 1.09 bits per heavy atom. The molecule has 1 fully saturated rings. The predicted molar refractivity (Wildman–Crippen MR) is 130 cm³/mol. The summed E-state index contributed by atoms with van der Waals surface area (Å²) in [6, 6.07) is 14.8. The van der Waals surface area contributed by atoms with Crippen molar-refractivity contribution in [3.8, 4) is 5.75 Å². The summed E-state index contributed by atoms with van der Waals surface area (Å²) in [6.07, 6.45) is 3.98. The van der Waals surface area contributed by atoms with E-state index in [2.05, 4.69) is 38.1 Å². The number of amides is 1. The lowest BCUT2D eigenvalue weighted by Crippen LogP contribution is -2.54. The monoisotopic (exact) mass is 489 g/mol. The molecule has 0 saturated carbocycles. The van der Waals surface area contributed by atoms with Gasteiger partial charge in [0.2, 0.25) is 0 Å². The van der Waals surface area contributed by atoms with Crippen LogP contribution in [-0.2, 0) is 32.2 Å². The van der Waals surface area contributed by atoms with Crippen molar-refractivity contribution in [1.29, 1.82) is 0 Å². The standard InChI is InChI=1S/C26H35NO6S/c1-20(2)8-9-22-6-3-5-21(19-22)7-4-16-33-23-10-12-24(13-11-23)34(30,31)26(25(28)27-29)14-17-32-18-15-26/h3,5-6,10-13,19-20,29H,4,7-9,14-18H2,1-2H3,(H,27,28). The summed E-state index contributed by atoms with van der Waals surface area (Å²) in [5.41, 5.74) is 4.18. The molecule has 1 saturated heterocycles. The molecule has 2 aromatic rings. The highest BCUT2D eigenvalue weighted by atomic mass is 32.2. The minimum absolute atomic E-state index is 0.0152. The molecule has 2 aromatic carbocycles. The molecular formula is C26H35NO6S. The molecule has 186 valence electrons. The Hall–Kier alpha value is -2.42. The maximum atomic E-state index is 13.3. The molecular weight excluding hydrogens is 454 g/mol. The number of carbonyl (C=O) groups is 1. The number of rotatable bonds is 11. The van der Waals surface area contributed by atoms with Crippen molar-refractivity contribution in [1.82, 2.24) is 5.48 Å². The summed E-state index contributed by atoms with van der Waals surface area (Å²) in [7, 11) is -4.03. The lowest BCUT2D eigenvalue weighted by atomic mass is 9.98. The highest BCUT2D eigenvalue weighted by Crippen LogP contribution is 2.35. The average Bonchev–Trinajstić information content (AvgIpc) is 2.85. The Morgan fingerprint density at radius 2 is 1.74 bits per heavy atom. The lowest BCUT2D eigenvalue weighted by molar-refractivity contribution is -0.134. The van der Waals surface area contributed by atoms with Gasteiger partial charge < -0.3 is 9.47 Å². The molecule has 0 aromatic heterocycles. The largest absolute Gasteiger partial charge is 0.494 e. The van der Waals surface area contributed by atoms with Gasteiger partial charge in [0.1, 0.15) is 5.75 Å². The van der Waals surface area contributed by atoms with Crippen LogP contribution in [0.4, 0.5) is 0 Å². The van der Waals surface area contributed by atoms with Crippen molar-refractivity contribution >= 4 is 15.7 Å². The third-order valence-electron chi connectivity index (χ3n) is 6.34. The zero-order valence-corrected chi connectivity index (χ0v) is 20.8. The summed E-state index contributed by atoms with van der Waals surface area (Å²) in [5.74, 6) is 0.328. The number of hydrogen-bond donors (Lipinski definition) is 2. The number of aryl methyl sites for hydroxylation is 2. The molecule has 34 heavy (non-hydrogen) atoms. The Kier molecular flexibility index (Phi) is 9.10. The van der Waals surface area contributed by atoms with Gasteiger partial charge in [-0.15, -0.1) is 0 Å². The zero-order chi connectivity index (χ0) is 24.6. The number of hydrogen-bond acceptors (Lipinski definition) is 6. The van der Waals surface area contributed by atoms with Crippen molar-refractivity contribution < 1.29 is 27.9 Å². The highest BCUT2D eigenvalue weighted by Gasteiger charge is 2.52. The zero-order valence-electron chi connectivity index (χ0n) is 20.0. The van der Waals surface area contributed by atoms with Crippen molar-refractivity contribution in [3.05, 3.63) is 59.7 Å². The molecule has 1 aliphatic rings. The van der Waals surface area contributed by atoms with E-state index in [-0.39, 0.29) is 31.0 Å². The van der Waals surface area contributed by atoms with Gasteiger partial charge >= 0.3 is 0 Å². The van der Waals surface area contributed by atoms with Crippen LogP contribution >= 0.6 is 0 Å². The summed E-state index contributed by atoms with van der Waals surface area (Å²) in [5, 5.41) is 9.15. The van der Waals surface area contributed by atoms with Gasteiger partial charge in [-0.3, -0.25) is 10.0 Å². The molecule has 0 atom stereocenters. The van der Waals surface area contributed by atoms with Crippen LogP contribution in [0.15, 0.2) is 53.4 Å². The second kappa shape index (κ2) is 11.8. The Morgan fingerprint density at radius 3 is 2.35 bits per heavy atom. The lowest BCUT2D eigenvalue weighted by Gasteiger charge is -2.34. The van der Waals surface area contributed by atoms with Crippen LogP contribution in [0.25, 0.3) is 0 Å². The normalized spacial score (nSPS) is 15.8. The number of carbonyl (C=O) groups excluding carboxylic acids is 1. The summed E-state index contributed by atoms with van der Waals surface area (Å²) in [4.78, 5) is 12.4. The molecule has 3 rings (SSSR count). The smallest absolute Gasteiger partial charge is 0.265 e. The van der Waals surface area contributed by atoms with E-state index in [1.807, 2.05) is 0 Å². The maximum absolute atomic E-state index is 13.3. The third kappa shape index (κ3) is 6.17. The Bertz CT molecular complexity index is 1040. The van der Waals surface area contributed by atoms with Crippen molar-refractivity contribution in [2.24, 2.45) is 5.92 Å². The van der Waals surface area contributed by atoms with Gasteiger partial charge in [0.25, 0.3) is 5.91 Å². The van der Waals surface area contributed by atoms with E-state index in [9.17, 15) is 13.2 Å². The molecule has 2 N–H and O–H groups in total. The van der Waals surface area contributed by atoms with Gasteiger partial charge in [-0.05, 0) is 79.8 Å². The molecule has 1 heterocycles. The number of sulfone groups is 1. The Balaban J connectivity index is 1.57. The molecule has 1 amide bonds. The molecule has 0 radical (unpaired) electrons. The van der Waals surface area contributed by atoms with E-state index in [4.69, 9.17) is 14.7 Å². The van der Waals surface area contributed by atoms with E-state index in [1.54, 1.807) is 12.1 Å². The van der Waals surface area contributed by atoms with Crippen LogP contribution in [0, 0.1) is 5.92 Å². The summed E-state index contributed by atoms with van der Waals surface area (Å²) < 4.78 is 35.9. The first-order valence-corrected chi connectivity index (χ1v) is 13.3. The number of ether oxygens (including phenoxy) is 2. The summed E-state index contributed by atoms with van der Waals surface area (Å²) in [6.45, 7) is 5.25. The van der Waals surface area contributed by atoms with Crippen molar-refractivity contribution in [2.75, 3.05) is 19.8 Å². The molecule has 1 aliphatic heterocycles. The van der Waals surface area contributed by atoms with Gasteiger partial charge in [0.15, 0.2) is 14.6 Å². The van der Waals surface area contributed by atoms with Gasteiger partial charge in [-0.25, -0.2) is 13.9 Å². The van der Waals surface area contributed by atoms with Crippen LogP contribution < -0.4 is 10.2 Å². The maximum Gasteiger partial charge on any atom is 0.265 e. The fourth-order valence-electron chi connectivity index (χ4n) is 4.22. The van der Waals surface area contributed by atoms with Crippen molar-refractivity contribution in [3.63, 3.8) is 0 Å². The first kappa shape index (κ1) is 26.2. The minimum Gasteiger partial charge on any atom is -0.494 e. The molecule has 8 heteroatoms. The first-order valence-electron chi connectivity index (χ1n) is 11.9. The number of hydroxylamine groups is 1. The quantitative estimate of drug-likeness (QED) is 0.280. The Labute approximate surface area is 202 Å². The van der Waals surface area contributed by atoms with Crippen LogP contribution in [0.1, 0.15) is 50.7 Å². The molecule has 0 unspecified atom stereocenters. The highest BCUT2D eigenvalue weighted by molar-refractivity contribution is 7.93. The minimum atomic E-state index is -4.03. The van der Waals surface area contributed by atoms with E-state index in [1.165, 1.54) is 35.2 Å².